The van der Waals surface area contributed by atoms with E-state index in [9.17, 15) is 0 Å². The van der Waals surface area contributed by atoms with Gasteiger partial charge in [-0.2, -0.15) is 5.10 Å². The van der Waals surface area contributed by atoms with Crippen molar-refractivity contribution in [2.75, 3.05) is 13.2 Å². The van der Waals surface area contributed by atoms with E-state index in [2.05, 4.69) is 67.7 Å². The molecular formula is C19H27N3O. The van der Waals surface area contributed by atoms with Crippen LogP contribution in [0.25, 0.3) is 0 Å². The molecule has 0 unspecified atom stereocenters. The van der Waals surface area contributed by atoms with E-state index in [1.54, 1.807) is 0 Å². The summed E-state index contributed by atoms with van der Waals surface area (Å²) in [4.78, 5) is 0. The minimum atomic E-state index is 0.217. The maximum absolute atomic E-state index is 5.97. The molecule has 1 N–H and O–H groups in total. The Morgan fingerprint density at radius 1 is 1.26 bits per heavy atom. The number of rotatable bonds is 6. The summed E-state index contributed by atoms with van der Waals surface area (Å²) in [6.07, 6.45) is 5.44. The summed E-state index contributed by atoms with van der Waals surface area (Å²) in [5.74, 6) is 0.528. The van der Waals surface area contributed by atoms with E-state index in [0.717, 1.165) is 19.6 Å². The second-order valence-corrected chi connectivity index (χ2v) is 6.73. The molecule has 23 heavy (non-hydrogen) atoms. The Bertz CT molecular complexity index is 608. The van der Waals surface area contributed by atoms with Crippen molar-refractivity contribution in [1.29, 1.82) is 0 Å². The summed E-state index contributed by atoms with van der Waals surface area (Å²) < 4.78 is 7.98. The number of benzene rings is 1. The summed E-state index contributed by atoms with van der Waals surface area (Å²) in [6.45, 7) is 8.32. The highest BCUT2D eigenvalue weighted by Gasteiger charge is 2.29. The molecule has 124 valence electrons. The summed E-state index contributed by atoms with van der Waals surface area (Å²) in [5, 5.41) is 8.09. The second kappa shape index (κ2) is 7.28. The number of nitrogens with one attached hydrogen (secondary N) is 1. The molecule has 2 aromatic rings. The lowest BCUT2D eigenvalue weighted by molar-refractivity contribution is 0.0899. The molecule has 1 fully saturated rings. The smallest absolute Gasteiger partial charge is 0.0866 e. The van der Waals surface area contributed by atoms with E-state index in [-0.39, 0.29) is 6.10 Å². The van der Waals surface area contributed by atoms with Gasteiger partial charge in [-0.3, -0.25) is 4.68 Å². The van der Waals surface area contributed by atoms with Gasteiger partial charge in [-0.05, 0) is 32.8 Å². The van der Waals surface area contributed by atoms with Crippen LogP contribution in [0.3, 0.4) is 0 Å². The second-order valence-electron chi connectivity index (χ2n) is 6.73. The molecule has 3 atom stereocenters. The van der Waals surface area contributed by atoms with Gasteiger partial charge in [0.25, 0.3) is 0 Å². The van der Waals surface area contributed by atoms with Crippen molar-refractivity contribution >= 4 is 0 Å². The van der Waals surface area contributed by atoms with Gasteiger partial charge >= 0.3 is 0 Å². The lowest BCUT2D eigenvalue weighted by atomic mass is 9.95. The van der Waals surface area contributed by atoms with Gasteiger partial charge in [-0.1, -0.05) is 30.3 Å². The summed E-state index contributed by atoms with van der Waals surface area (Å²) >= 11 is 0. The molecule has 1 saturated heterocycles. The molecule has 4 nitrogen and oxygen atoms in total. The van der Waals surface area contributed by atoms with Gasteiger partial charge < -0.3 is 10.1 Å². The van der Waals surface area contributed by atoms with Crippen molar-refractivity contribution in [2.45, 2.75) is 45.4 Å². The zero-order chi connectivity index (χ0) is 16.2. The maximum Gasteiger partial charge on any atom is 0.0866 e. The van der Waals surface area contributed by atoms with Crippen LogP contribution in [0.1, 0.15) is 56.5 Å². The highest BCUT2D eigenvalue weighted by Crippen LogP contribution is 2.34. The maximum atomic E-state index is 5.97. The fourth-order valence-electron chi connectivity index (χ4n) is 3.16. The van der Waals surface area contributed by atoms with Crippen molar-refractivity contribution in [2.24, 2.45) is 5.92 Å². The molecule has 4 heteroatoms. The zero-order valence-electron chi connectivity index (χ0n) is 14.3. The Kier molecular flexibility index (Phi) is 5.13. The Hall–Kier alpha value is -1.65. The fraction of sp³-hybridized carbons (Fsp3) is 0.526. The van der Waals surface area contributed by atoms with Crippen LogP contribution in [-0.2, 0) is 4.74 Å². The van der Waals surface area contributed by atoms with E-state index in [1.165, 1.54) is 11.1 Å². The summed E-state index contributed by atoms with van der Waals surface area (Å²) in [5.41, 5.74) is 2.53. The normalized spacial score (nSPS) is 22.6. The molecular weight excluding hydrogens is 286 g/mol. The van der Waals surface area contributed by atoms with Crippen molar-refractivity contribution in [3.63, 3.8) is 0 Å². The van der Waals surface area contributed by atoms with Crippen LogP contribution in [-0.4, -0.2) is 22.9 Å². The van der Waals surface area contributed by atoms with E-state index in [4.69, 9.17) is 4.74 Å². The summed E-state index contributed by atoms with van der Waals surface area (Å²) in [6, 6.07) is 11.3. The third kappa shape index (κ3) is 3.82. The number of aromatic nitrogens is 2. The SMILES string of the molecule is CC(C)n1cc([C@H](C)NC[C@H]2CCO[C@H]2c2ccccc2)cn1. The van der Waals surface area contributed by atoms with Gasteiger partial charge in [0.1, 0.15) is 0 Å². The van der Waals surface area contributed by atoms with Crippen molar-refractivity contribution in [3.05, 3.63) is 53.9 Å². The molecule has 1 aromatic carbocycles. The van der Waals surface area contributed by atoms with Crippen LogP contribution in [0, 0.1) is 5.92 Å². The van der Waals surface area contributed by atoms with E-state index >= 15 is 0 Å². The highest BCUT2D eigenvalue weighted by molar-refractivity contribution is 5.19. The fourth-order valence-corrected chi connectivity index (χ4v) is 3.16. The van der Waals surface area contributed by atoms with Gasteiger partial charge in [-0.15, -0.1) is 0 Å². The molecule has 0 saturated carbocycles. The molecule has 0 radical (unpaired) electrons. The minimum absolute atomic E-state index is 0.217. The molecule has 0 spiro atoms. The Balaban J connectivity index is 1.58. The van der Waals surface area contributed by atoms with Gasteiger partial charge in [-0.25, -0.2) is 0 Å². The van der Waals surface area contributed by atoms with E-state index < -0.39 is 0 Å². The summed E-state index contributed by atoms with van der Waals surface area (Å²) in [7, 11) is 0. The van der Waals surface area contributed by atoms with Crippen LogP contribution in [0.4, 0.5) is 0 Å². The molecule has 0 amide bonds. The van der Waals surface area contributed by atoms with Crippen molar-refractivity contribution < 1.29 is 4.74 Å². The zero-order valence-corrected chi connectivity index (χ0v) is 14.3. The first-order valence-corrected chi connectivity index (χ1v) is 8.59. The lowest BCUT2D eigenvalue weighted by Crippen LogP contribution is -2.27. The van der Waals surface area contributed by atoms with Crippen LogP contribution in [0.5, 0.6) is 0 Å². The molecule has 2 heterocycles. The minimum Gasteiger partial charge on any atom is -0.373 e. The first-order valence-electron chi connectivity index (χ1n) is 8.59. The van der Waals surface area contributed by atoms with Gasteiger partial charge in [0.05, 0.1) is 12.3 Å². The average molecular weight is 313 g/mol. The third-order valence-corrected chi connectivity index (χ3v) is 4.68. The molecule has 1 aliphatic rings. The quantitative estimate of drug-likeness (QED) is 0.879. The van der Waals surface area contributed by atoms with E-state index in [0.29, 0.717) is 18.0 Å². The van der Waals surface area contributed by atoms with Crippen molar-refractivity contribution in [1.82, 2.24) is 15.1 Å². The number of ether oxygens (including phenoxy) is 1. The van der Waals surface area contributed by atoms with Gasteiger partial charge in [0.15, 0.2) is 0 Å². The Labute approximate surface area is 138 Å². The highest BCUT2D eigenvalue weighted by atomic mass is 16.5. The average Bonchev–Trinajstić information content (AvgIpc) is 3.22. The first kappa shape index (κ1) is 16.2. The number of hydrogen-bond donors (Lipinski definition) is 1. The monoisotopic (exact) mass is 313 g/mol. The molecule has 0 bridgehead atoms. The molecule has 1 aromatic heterocycles. The topological polar surface area (TPSA) is 39.1 Å². The first-order chi connectivity index (χ1) is 11.1. The van der Waals surface area contributed by atoms with Crippen LogP contribution < -0.4 is 5.32 Å². The van der Waals surface area contributed by atoms with Gasteiger partial charge in [0.2, 0.25) is 0 Å². The molecule has 1 aliphatic heterocycles. The Morgan fingerprint density at radius 2 is 2.04 bits per heavy atom. The largest absolute Gasteiger partial charge is 0.373 e. The number of nitrogens with zero attached hydrogens (tertiary/aromatic N) is 2. The third-order valence-electron chi connectivity index (χ3n) is 4.68. The number of hydrogen-bond acceptors (Lipinski definition) is 3. The van der Waals surface area contributed by atoms with Crippen LogP contribution >= 0.6 is 0 Å². The van der Waals surface area contributed by atoms with Crippen LogP contribution in [0.15, 0.2) is 42.7 Å². The van der Waals surface area contributed by atoms with E-state index in [1.807, 2.05) is 10.9 Å². The predicted molar refractivity (Wildman–Crippen MR) is 92.3 cm³/mol. The molecule has 0 aliphatic carbocycles. The van der Waals surface area contributed by atoms with Crippen LogP contribution in [0.2, 0.25) is 0 Å². The van der Waals surface area contributed by atoms with Gasteiger partial charge in [0, 0.05) is 42.9 Å². The molecule has 3 rings (SSSR count). The predicted octanol–water partition coefficient (Wildman–Crippen LogP) is 3.89. The standard InChI is InChI=1S/C19H27N3O/c1-14(2)22-13-18(12-21-22)15(3)20-11-17-9-10-23-19(17)16-7-5-4-6-8-16/h4-8,12-15,17,19-20H,9-11H2,1-3H3/t15-,17+,19-/m0/s1. The Morgan fingerprint density at radius 3 is 2.74 bits per heavy atom. The lowest BCUT2D eigenvalue weighted by Gasteiger charge is -2.21. The van der Waals surface area contributed by atoms with Crippen molar-refractivity contribution in [3.8, 4) is 0 Å².